The molecule has 5 rings (SSSR count). The first kappa shape index (κ1) is 33.5. The van der Waals surface area contributed by atoms with E-state index in [1.807, 2.05) is 39.0 Å². The van der Waals surface area contributed by atoms with Crippen LogP contribution in [0.1, 0.15) is 65.7 Å². The lowest BCUT2D eigenvalue weighted by atomic mass is 9.81. The smallest absolute Gasteiger partial charge is 0.234 e. The molecule has 1 aromatic rings. The van der Waals surface area contributed by atoms with Crippen LogP contribution in [0.15, 0.2) is 36.4 Å². The summed E-state index contributed by atoms with van der Waals surface area (Å²) in [7, 11) is 0. The SMILES string of the molecule is C/C=C/CCCC(CCCNC(=O)CN1CCN(c2ccccc2OC(C)C)CC1)C1C(=O)C2C3CCC(O3)C2C1=O.Cl. The second-order valence-corrected chi connectivity index (χ2v) is 12.8. The minimum Gasteiger partial charge on any atom is -0.489 e. The topological polar surface area (TPSA) is 88.2 Å². The monoisotopic (exact) mass is 615 g/mol. The van der Waals surface area contributed by atoms with Crippen molar-refractivity contribution in [3.63, 3.8) is 0 Å². The Bertz CT molecular complexity index is 1110. The average Bonchev–Trinajstić information content (AvgIpc) is 3.66. The molecule has 2 bridgehead atoms. The highest BCUT2D eigenvalue weighted by Gasteiger charge is 2.63. The van der Waals surface area contributed by atoms with Gasteiger partial charge in [0.2, 0.25) is 5.91 Å². The van der Waals surface area contributed by atoms with Crippen LogP contribution in [0.5, 0.6) is 5.75 Å². The highest BCUT2D eigenvalue weighted by atomic mass is 35.5. The molecule has 1 amide bonds. The third-order valence-electron chi connectivity index (χ3n) is 9.58. The van der Waals surface area contributed by atoms with Gasteiger partial charge in [-0.2, -0.15) is 0 Å². The first-order valence-corrected chi connectivity index (χ1v) is 16.2. The van der Waals surface area contributed by atoms with E-state index >= 15 is 0 Å². The van der Waals surface area contributed by atoms with E-state index in [0.29, 0.717) is 13.1 Å². The van der Waals surface area contributed by atoms with Gasteiger partial charge in [0.1, 0.15) is 17.3 Å². The minimum atomic E-state index is -0.485. The van der Waals surface area contributed by atoms with E-state index in [9.17, 15) is 14.4 Å². The van der Waals surface area contributed by atoms with Crippen LogP contribution < -0.4 is 15.0 Å². The predicted molar refractivity (Wildman–Crippen MR) is 171 cm³/mol. The Kier molecular flexibility index (Phi) is 12.1. The molecule has 9 heteroatoms. The zero-order chi connectivity index (χ0) is 29.6. The van der Waals surface area contributed by atoms with Crippen molar-refractivity contribution in [2.75, 3.05) is 44.2 Å². The number of nitrogens with one attached hydrogen (secondary N) is 1. The Morgan fingerprint density at radius 3 is 2.33 bits per heavy atom. The summed E-state index contributed by atoms with van der Waals surface area (Å²) in [5, 5.41) is 3.10. The number of para-hydroxylation sites is 2. The summed E-state index contributed by atoms with van der Waals surface area (Å²) >= 11 is 0. The number of hydrogen-bond acceptors (Lipinski definition) is 7. The molecule has 1 aromatic carbocycles. The number of amides is 1. The molecule has 5 unspecified atom stereocenters. The van der Waals surface area contributed by atoms with Crippen molar-refractivity contribution in [3.8, 4) is 5.75 Å². The van der Waals surface area contributed by atoms with Crippen molar-refractivity contribution in [1.82, 2.24) is 10.2 Å². The summed E-state index contributed by atoms with van der Waals surface area (Å²) in [5.41, 5.74) is 1.11. The second kappa shape index (κ2) is 15.5. The third-order valence-corrected chi connectivity index (χ3v) is 9.58. The van der Waals surface area contributed by atoms with Gasteiger partial charge in [-0.1, -0.05) is 24.3 Å². The summed E-state index contributed by atoms with van der Waals surface area (Å²) in [5.74, 6) is 0.348. The number of hydrogen-bond donors (Lipinski definition) is 1. The number of piperazine rings is 1. The number of carbonyl (C=O) groups is 3. The van der Waals surface area contributed by atoms with Gasteiger partial charge in [-0.3, -0.25) is 19.3 Å². The van der Waals surface area contributed by atoms with Crippen molar-refractivity contribution < 1.29 is 23.9 Å². The van der Waals surface area contributed by atoms with Gasteiger partial charge in [0.15, 0.2) is 0 Å². The molecular formula is C34H50ClN3O5. The first-order valence-electron chi connectivity index (χ1n) is 16.2. The fourth-order valence-corrected chi connectivity index (χ4v) is 7.63. The van der Waals surface area contributed by atoms with Crippen molar-refractivity contribution in [2.45, 2.75) is 84.0 Å². The van der Waals surface area contributed by atoms with Gasteiger partial charge in [-0.25, -0.2) is 0 Å². The normalized spacial score (nSPS) is 27.5. The third kappa shape index (κ3) is 7.81. The number of halogens is 1. The Morgan fingerprint density at radius 1 is 1.02 bits per heavy atom. The summed E-state index contributed by atoms with van der Waals surface area (Å²) in [6, 6.07) is 8.16. The van der Waals surface area contributed by atoms with Crippen molar-refractivity contribution in [2.24, 2.45) is 23.7 Å². The highest BCUT2D eigenvalue weighted by Crippen LogP contribution is 2.52. The number of allylic oxidation sites excluding steroid dienone is 2. The van der Waals surface area contributed by atoms with E-state index in [-0.39, 0.29) is 65.9 Å². The standard InChI is InChI=1S/C34H49N3O5.ClH/c1-4-5-6-7-11-24(30-33(39)31-27-15-16-28(42-27)32(31)34(30)40)12-10-17-35-29(38)22-36-18-20-37(21-19-36)25-13-8-9-14-26(25)41-23(2)3;/h4-5,8-9,13-14,23-24,27-28,30-32H,6-7,10-12,15-22H2,1-3H3,(H,35,38);1H/b5-4+;. The predicted octanol–water partition coefficient (Wildman–Crippen LogP) is 4.84. The van der Waals surface area contributed by atoms with Crippen LogP contribution in [0, 0.1) is 23.7 Å². The lowest BCUT2D eigenvalue weighted by molar-refractivity contribution is -0.133. The van der Waals surface area contributed by atoms with Crippen LogP contribution in [0.4, 0.5) is 5.69 Å². The molecule has 3 saturated heterocycles. The summed E-state index contributed by atoms with van der Waals surface area (Å²) in [6.07, 6.45) is 10.4. The number of Topliss-reactive ketones (excluding diaryl/α,β-unsaturated/α-hetero) is 2. The zero-order valence-electron chi connectivity index (χ0n) is 26.0. The maximum absolute atomic E-state index is 13.5. The summed E-state index contributed by atoms with van der Waals surface area (Å²) < 4.78 is 11.9. The lowest BCUT2D eigenvalue weighted by Gasteiger charge is -2.36. The van der Waals surface area contributed by atoms with Gasteiger partial charge < -0.3 is 19.7 Å². The Balaban J connectivity index is 0.00000423. The van der Waals surface area contributed by atoms with Gasteiger partial charge in [0.05, 0.1) is 48.3 Å². The zero-order valence-corrected chi connectivity index (χ0v) is 26.9. The Labute approximate surface area is 263 Å². The van der Waals surface area contributed by atoms with Gasteiger partial charge in [0, 0.05) is 32.7 Å². The van der Waals surface area contributed by atoms with Crippen molar-refractivity contribution in [3.05, 3.63) is 36.4 Å². The van der Waals surface area contributed by atoms with Crippen LogP contribution in [0.2, 0.25) is 0 Å². The molecule has 1 N–H and O–H groups in total. The molecule has 5 atom stereocenters. The van der Waals surface area contributed by atoms with Gasteiger partial charge in [-0.15, -0.1) is 12.4 Å². The largest absolute Gasteiger partial charge is 0.489 e. The van der Waals surface area contributed by atoms with Gasteiger partial charge >= 0.3 is 0 Å². The maximum atomic E-state index is 13.5. The second-order valence-electron chi connectivity index (χ2n) is 12.8. The van der Waals surface area contributed by atoms with E-state index in [1.54, 1.807) is 0 Å². The number of ketones is 2. The molecular weight excluding hydrogens is 566 g/mol. The lowest BCUT2D eigenvalue weighted by Crippen LogP contribution is -2.49. The molecule has 0 spiro atoms. The number of rotatable bonds is 14. The van der Waals surface area contributed by atoms with Crippen LogP contribution in [-0.4, -0.2) is 80.0 Å². The minimum absolute atomic E-state index is 0. The quantitative estimate of drug-likeness (QED) is 0.182. The number of benzene rings is 1. The molecule has 3 heterocycles. The number of carbonyl (C=O) groups excluding carboxylic acids is 3. The number of unbranched alkanes of at least 4 members (excludes halogenated alkanes) is 1. The summed E-state index contributed by atoms with van der Waals surface area (Å²) in [4.78, 5) is 44.2. The van der Waals surface area contributed by atoms with Crippen molar-refractivity contribution >= 4 is 35.6 Å². The van der Waals surface area contributed by atoms with Gasteiger partial charge in [-0.05, 0) is 83.8 Å². The molecule has 238 valence electrons. The Hall–Kier alpha value is -2.42. The molecule has 1 aliphatic carbocycles. The molecule has 43 heavy (non-hydrogen) atoms. The van der Waals surface area contributed by atoms with Gasteiger partial charge in [0.25, 0.3) is 0 Å². The van der Waals surface area contributed by atoms with E-state index in [4.69, 9.17) is 9.47 Å². The molecule has 4 fully saturated rings. The average molecular weight is 616 g/mol. The number of nitrogens with zero attached hydrogens (tertiary/aromatic N) is 2. The number of ether oxygens (including phenoxy) is 2. The molecule has 1 saturated carbocycles. The maximum Gasteiger partial charge on any atom is 0.234 e. The molecule has 8 nitrogen and oxygen atoms in total. The van der Waals surface area contributed by atoms with Crippen LogP contribution in [0.25, 0.3) is 0 Å². The Morgan fingerprint density at radius 2 is 1.67 bits per heavy atom. The van der Waals surface area contributed by atoms with Crippen LogP contribution in [-0.2, 0) is 19.1 Å². The molecule has 3 aliphatic heterocycles. The van der Waals surface area contributed by atoms with E-state index < -0.39 is 5.92 Å². The first-order chi connectivity index (χ1) is 20.4. The fourth-order valence-electron chi connectivity index (χ4n) is 7.63. The molecule has 0 radical (unpaired) electrons. The van der Waals surface area contributed by atoms with E-state index in [2.05, 4.69) is 33.3 Å². The van der Waals surface area contributed by atoms with Crippen LogP contribution >= 0.6 is 12.4 Å². The van der Waals surface area contributed by atoms with Crippen molar-refractivity contribution in [1.29, 1.82) is 0 Å². The number of anilines is 1. The van der Waals surface area contributed by atoms with E-state index in [0.717, 1.165) is 82.6 Å². The fraction of sp³-hybridized carbons (Fsp3) is 0.676. The summed E-state index contributed by atoms with van der Waals surface area (Å²) in [6.45, 7) is 10.4. The van der Waals surface area contributed by atoms with E-state index in [1.165, 1.54) is 0 Å². The molecule has 0 aromatic heterocycles. The number of fused-ring (bicyclic) bond motifs is 5. The highest BCUT2D eigenvalue weighted by molar-refractivity contribution is 6.12. The van der Waals surface area contributed by atoms with Crippen LogP contribution in [0.3, 0.4) is 0 Å². The molecule has 4 aliphatic rings.